The number of fused-ring (bicyclic) bond motifs is 3. The molecular weight excluding hydrogens is 310 g/mol. The van der Waals surface area contributed by atoms with Crippen LogP contribution in [-0.4, -0.2) is 21.3 Å². The number of hydrogen-bond acceptors (Lipinski definition) is 3. The summed E-state index contributed by atoms with van der Waals surface area (Å²) in [5, 5.41) is 5.13. The molecule has 2 heterocycles. The fourth-order valence-corrected chi connectivity index (χ4v) is 2.55. The molecule has 0 bridgehead atoms. The second kappa shape index (κ2) is 4.47. The molecular formula is C13H12BrN3O2. The van der Waals surface area contributed by atoms with E-state index >= 15 is 0 Å². The molecule has 3 aromatic rings. The van der Waals surface area contributed by atoms with E-state index in [1.54, 1.807) is 29.3 Å². The summed E-state index contributed by atoms with van der Waals surface area (Å²) in [6.07, 6.45) is 0. The summed E-state index contributed by atoms with van der Waals surface area (Å²) in [6.45, 7) is 0.422. The van der Waals surface area contributed by atoms with Gasteiger partial charge in [-0.2, -0.15) is 5.10 Å². The molecule has 0 saturated heterocycles. The van der Waals surface area contributed by atoms with Crippen LogP contribution in [0.1, 0.15) is 5.69 Å². The van der Waals surface area contributed by atoms with E-state index in [9.17, 15) is 4.79 Å². The Kier molecular flexibility index (Phi) is 2.91. The van der Waals surface area contributed by atoms with Crippen LogP contribution in [0.15, 0.2) is 33.5 Å². The SMILES string of the molecule is COCc1cc2n(C)c(=O)c3ccc(Br)cc3n2n1. The Labute approximate surface area is 117 Å². The van der Waals surface area contributed by atoms with Crippen molar-refractivity contribution in [3.8, 4) is 0 Å². The number of benzene rings is 1. The number of nitrogens with zero attached hydrogens (tertiary/aromatic N) is 3. The van der Waals surface area contributed by atoms with Crippen LogP contribution in [0.2, 0.25) is 0 Å². The van der Waals surface area contributed by atoms with Crippen LogP contribution in [0, 0.1) is 0 Å². The predicted molar refractivity (Wildman–Crippen MR) is 76.4 cm³/mol. The fraction of sp³-hybridized carbons (Fsp3) is 0.231. The van der Waals surface area contributed by atoms with Crippen molar-refractivity contribution >= 4 is 32.5 Å². The number of halogens is 1. The van der Waals surface area contributed by atoms with Crippen molar-refractivity contribution in [2.45, 2.75) is 6.61 Å². The summed E-state index contributed by atoms with van der Waals surface area (Å²) in [7, 11) is 3.37. The number of aromatic nitrogens is 3. The second-order valence-corrected chi connectivity index (χ2v) is 5.28. The van der Waals surface area contributed by atoms with Crippen LogP contribution < -0.4 is 5.56 Å². The molecule has 0 fully saturated rings. The lowest BCUT2D eigenvalue weighted by molar-refractivity contribution is 0.181. The molecule has 0 radical (unpaired) electrons. The normalized spacial score (nSPS) is 11.5. The lowest BCUT2D eigenvalue weighted by atomic mass is 10.2. The van der Waals surface area contributed by atoms with E-state index in [0.717, 1.165) is 21.3 Å². The number of methoxy groups -OCH3 is 1. The highest BCUT2D eigenvalue weighted by molar-refractivity contribution is 9.10. The molecule has 6 heteroatoms. The molecule has 2 aromatic heterocycles. The molecule has 0 aliphatic carbocycles. The Bertz CT molecular complexity index is 835. The maximum Gasteiger partial charge on any atom is 0.261 e. The molecule has 0 aliphatic rings. The van der Waals surface area contributed by atoms with Crippen molar-refractivity contribution < 1.29 is 4.74 Å². The van der Waals surface area contributed by atoms with Crippen molar-refractivity contribution in [3.63, 3.8) is 0 Å². The maximum absolute atomic E-state index is 12.3. The first kappa shape index (κ1) is 12.4. The van der Waals surface area contributed by atoms with Crippen LogP contribution in [0.3, 0.4) is 0 Å². The molecule has 0 aliphatic heterocycles. The van der Waals surface area contributed by atoms with E-state index in [-0.39, 0.29) is 5.56 Å². The van der Waals surface area contributed by atoms with E-state index in [2.05, 4.69) is 21.0 Å². The topological polar surface area (TPSA) is 48.5 Å². The fourth-order valence-electron chi connectivity index (χ4n) is 2.20. The molecule has 3 rings (SSSR count). The summed E-state index contributed by atoms with van der Waals surface area (Å²) in [6, 6.07) is 7.42. The van der Waals surface area contributed by atoms with Gasteiger partial charge in [0.15, 0.2) is 0 Å². The first-order valence-electron chi connectivity index (χ1n) is 5.77. The maximum atomic E-state index is 12.3. The quantitative estimate of drug-likeness (QED) is 0.726. The average molecular weight is 322 g/mol. The Morgan fingerprint density at radius 1 is 1.37 bits per heavy atom. The standard InChI is InChI=1S/C13H12BrN3O2/c1-16-12-6-9(7-19-2)15-17(12)11-5-8(14)3-4-10(11)13(16)18/h3-6H,7H2,1-2H3. The first-order valence-corrected chi connectivity index (χ1v) is 6.57. The average Bonchev–Trinajstić information content (AvgIpc) is 2.80. The second-order valence-electron chi connectivity index (χ2n) is 4.36. The van der Waals surface area contributed by atoms with Crippen molar-refractivity contribution in [3.05, 3.63) is 44.8 Å². The monoisotopic (exact) mass is 321 g/mol. The lowest BCUT2D eigenvalue weighted by Crippen LogP contribution is -2.19. The summed E-state index contributed by atoms with van der Waals surface area (Å²) >= 11 is 3.42. The van der Waals surface area contributed by atoms with Gasteiger partial charge in [-0.15, -0.1) is 0 Å². The molecule has 0 atom stereocenters. The minimum absolute atomic E-state index is 0.0288. The van der Waals surface area contributed by atoms with Crippen LogP contribution in [0.4, 0.5) is 0 Å². The molecule has 0 amide bonds. The Morgan fingerprint density at radius 2 is 2.16 bits per heavy atom. The molecule has 1 aromatic carbocycles. The number of hydrogen-bond donors (Lipinski definition) is 0. The van der Waals surface area contributed by atoms with Gasteiger partial charge in [-0.1, -0.05) is 15.9 Å². The van der Waals surface area contributed by atoms with Crippen molar-refractivity contribution in [1.29, 1.82) is 0 Å². The van der Waals surface area contributed by atoms with Crippen LogP contribution in [0.5, 0.6) is 0 Å². The van der Waals surface area contributed by atoms with Gasteiger partial charge in [-0.3, -0.25) is 9.36 Å². The highest BCUT2D eigenvalue weighted by Crippen LogP contribution is 2.19. The molecule has 0 unspecified atom stereocenters. The van der Waals surface area contributed by atoms with E-state index in [0.29, 0.717) is 12.0 Å². The molecule has 0 saturated carbocycles. The summed E-state index contributed by atoms with van der Waals surface area (Å²) < 4.78 is 9.38. The zero-order chi connectivity index (χ0) is 13.6. The lowest BCUT2D eigenvalue weighted by Gasteiger charge is -2.06. The van der Waals surface area contributed by atoms with Gasteiger partial charge >= 0.3 is 0 Å². The summed E-state index contributed by atoms with van der Waals surface area (Å²) in [5.74, 6) is 0. The van der Waals surface area contributed by atoms with E-state index in [4.69, 9.17) is 4.74 Å². The number of ether oxygens (including phenoxy) is 1. The van der Waals surface area contributed by atoms with Gasteiger partial charge < -0.3 is 4.74 Å². The van der Waals surface area contributed by atoms with Gasteiger partial charge in [0.2, 0.25) is 0 Å². The minimum atomic E-state index is -0.0288. The molecule has 19 heavy (non-hydrogen) atoms. The Balaban J connectivity index is 2.49. The van der Waals surface area contributed by atoms with Gasteiger partial charge in [0, 0.05) is 24.7 Å². The summed E-state index contributed by atoms with van der Waals surface area (Å²) in [4.78, 5) is 12.3. The van der Waals surface area contributed by atoms with Gasteiger partial charge in [0.25, 0.3) is 5.56 Å². The zero-order valence-corrected chi connectivity index (χ0v) is 12.1. The third-order valence-corrected chi connectivity index (χ3v) is 3.59. The molecule has 5 nitrogen and oxygen atoms in total. The van der Waals surface area contributed by atoms with Crippen LogP contribution in [0.25, 0.3) is 16.6 Å². The van der Waals surface area contributed by atoms with E-state index in [1.165, 1.54) is 0 Å². The molecule has 0 N–H and O–H groups in total. The van der Waals surface area contributed by atoms with Crippen molar-refractivity contribution in [2.24, 2.45) is 7.05 Å². The van der Waals surface area contributed by atoms with Gasteiger partial charge in [-0.05, 0) is 18.2 Å². The highest BCUT2D eigenvalue weighted by atomic mass is 79.9. The largest absolute Gasteiger partial charge is 0.378 e. The van der Waals surface area contributed by atoms with E-state index < -0.39 is 0 Å². The predicted octanol–water partition coefficient (Wildman–Crippen LogP) is 2.10. The third kappa shape index (κ3) is 1.87. The van der Waals surface area contributed by atoms with Crippen LogP contribution >= 0.6 is 15.9 Å². The van der Waals surface area contributed by atoms with Crippen molar-refractivity contribution in [1.82, 2.24) is 14.2 Å². The first-order chi connectivity index (χ1) is 9.11. The summed E-state index contributed by atoms with van der Waals surface area (Å²) in [5.41, 5.74) is 2.31. The third-order valence-electron chi connectivity index (χ3n) is 3.10. The number of aryl methyl sites for hydroxylation is 1. The number of rotatable bonds is 2. The van der Waals surface area contributed by atoms with Gasteiger partial charge in [0.1, 0.15) is 5.65 Å². The van der Waals surface area contributed by atoms with Gasteiger partial charge in [-0.25, -0.2) is 4.52 Å². The highest BCUT2D eigenvalue weighted by Gasteiger charge is 2.11. The van der Waals surface area contributed by atoms with Crippen LogP contribution in [-0.2, 0) is 18.4 Å². The van der Waals surface area contributed by atoms with Crippen molar-refractivity contribution in [2.75, 3.05) is 7.11 Å². The smallest absolute Gasteiger partial charge is 0.261 e. The Morgan fingerprint density at radius 3 is 2.89 bits per heavy atom. The molecule has 98 valence electrons. The Hall–Kier alpha value is -1.66. The minimum Gasteiger partial charge on any atom is -0.378 e. The zero-order valence-electron chi connectivity index (χ0n) is 10.6. The molecule has 0 spiro atoms. The van der Waals surface area contributed by atoms with E-state index in [1.807, 2.05) is 18.2 Å². The van der Waals surface area contributed by atoms with Gasteiger partial charge in [0.05, 0.1) is 23.2 Å².